The molecule has 148 valence electrons. The molecule has 0 aliphatic heterocycles. The Labute approximate surface area is 168 Å². The number of hydrogen-bond donors (Lipinski definition) is 0. The van der Waals surface area contributed by atoms with Gasteiger partial charge >= 0.3 is 0 Å². The number of rotatable bonds is 10. The van der Waals surface area contributed by atoms with Crippen molar-refractivity contribution in [3.63, 3.8) is 0 Å². The van der Waals surface area contributed by atoms with Gasteiger partial charge in [-0.05, 0) is 61.5 Å². The van der Waals surface area contributed by atoms with Gasteiger partial charge in [0, 0.05) is 16.6 Å². The maximum absolute atomic E-state index is 3.67. The minimum absolute atomic E-state index is 0.0300. The van der Waals surface area contributed by atoms with Gasteiger partial charge < -0.3 is 0 Å². The van der Waals surface area contributed by atoms with Crippen LogP contribution in [0.4, 0.5) is 0 Å². The Hall–Kier alpha value is -1.52. The largest absolute Gasteiger partial charge is 0.108 e. The molecule has 0 nitrogen and oxygen atoms in total. The molecular weight excluding hydrogens is 324 g/mol. The lowest BCUT2D eigenvalue weighted by Crippen LogP contribution is -2.18. The summed E-state index contributed by atoms with van der Waals surface area (Å²) < 4.78 is 0. The predicted molar refractivity (Wildman–Crippen MR) is 121 cm³/mol. The first kappa shape index (κ1) is 21.8. The molecule has 1 unspecified atom stereocenters. The molecule has 0 spiro atoms. The zero-order chi connectivity index (χ0) is 19.9. The number of allylic oxidation sites excluding steroid dienone is 9. The summed E-state index contributed by atoms with van der Waals surface area (Å²) >= 11 is 0. The molecule has 0 radical (unpaired) electrons. The topological polar surface area (TPSA) is 0 Å². The second kappa shape index (κ2) is 10.1. The summed E-state index contributed by atoms with van der Waals surface area (Å²) in [5.74, 6) is 0.884. The molecule has 2 aliphatic carbocycles. The molecule has 0 fully saturated rings. The van der Waals surface area contributed by atoms with Gasteiger partial charge in [0.2, 0.25) is 0 Å². The van der Waals surface area contributed by atoms with E-state index >= 15 is 0 Å². The predicted octanol–water partition coefficient (Wildman–Crippen LogP) is 8.64. The highest BCUT2D eigenvalue weighted by Crippen LogP contribution is 2.42. The van der Waals surface area contributed by atoms with Crippen molar-refractivity contribution in [2.75, 3.05) is 0 Å². The van der Waals surface area contributed by atoms with Gasteiger partial charge in [-0.3, -0.25) is 0 Å². The van der Waals surface area contributed by atoms with E-state index < -0.39 is 0 Å². The van der Waals surface area contributed by atoms with Gasteiger partial charge in [0.05, 0.1) is 0 Å². The van der Waals surface area contributed by atoms with Crippen LogP contribution in [0.15, 0.2) is 64.0 Å². The molecule has 2 aliphatic rings. The lowest BCUT2D eigenvalue weighted by molar-refractivity contribution is 0.403. The fourth-order valence-electron chi connectivity index (χ4n) is 4.04. The summed E-state index contributed by atoms with van der Waals surface area (Å²) in [7, 11) is 0. The van der Waals surface area contributed by atoms with Crippen LogP contribution in [0.2, 0.25) is 0 Å². The van der Waals surface area contributed by atoms with Crippen LogP contribution in [-0.4, -0.2) is 0 Å². The van der Waals surface area contributed by atoms with Gasteiger partial charge in [0.15, 0.2) is 0 Å². The second-order valence-corrected chi connectivity index (χ2v) is 8.95. The molecule has 0 aromatic carbocycles. The molecule has 0 amide bonds. The van der Waals surface area contributed by atoms with E-state index in [1.807, 2.05) is 0 Å². The van der Waals surface area contributed by atoms with Crippen molar-refractivity contribution in [3.8, 4) is 0 Å². The minimum Gasteiger partial charge on any atom is -0.108 e. The molecule has 0 heterocycles. The molecule has 0 aromatic heterocycles. The van der Waals surface area contributed by atoms with Crippen molar-refractivity contribution >= 4 is 0 Å². The molecule has 0 aromatic rings. The third-order valence-corrected chi connectivity index (χ3v) is 6.26. The fraction of sp³-hybridized carbons (Fsp3) is 0.593. The Bertz CT molecular complexity index is 696. The summed E-state index contributed by atoms with van der Waals surface area (Å²) in [6, 6.07) is 0. The van der Waals surface area contributed by atoms with Crippen molar-refractivity contribution in [1.82, 2.24) is 0 Å². The minimum atomic E-state index is 0.0300. The SMILES string of the molecule is CCCCC(CCC)CCC1=CC2=C=C(C=C1)C=C(/C=C(/C)CC)C2(C)C. The maximum Gasteiger partial charge on any atom is 0.0220 e. The molecule has 1 atom stereocenters. The highest BCUT2D eigenvalue weighted by Gasteiger charge is 2.29. The van der Waals surface area contributed by atoms with Crippen LogP contribution in [0.3, 0.4) is 0 Å². The molecular formula is C27H40. The van der Waals surface area contributed by atoms with Crippen molar-refractivity contribution in [1.29, 1.82) is 0 Å². The zero-order valence-electron chi connectivity index (χ0n) is 18.6. The third kappa shape index (κ3) is 5.98. The van der Waals surface area contributed by atoms with Gasteiger partial charge in [0.25, 0.3) is 0 Å². The molecule has 2 bridgehead atoms. The Balaban J connectivity index is 2.15. The Kier molecular flexibility index (Phi) is 8.18. The first-order valence-electron chi connectivity index (χ1n) is 11.2. The van der Waals surface area contributed by atoms with Gasteiger partial charge in [0.1, 0.15) is 0 Å². The summed E-state index contributed by atoms with van der Waals surface area (Å²) in [6.45, 7) is 13.8. The van der Waals surface area contributed by atoms with E-state index in [4.69, 9.17) is 0 Å². The quantitative estimate of drug-likeness (QED) is 0.340. The van der Waals surface area contributed by atoms with Gasteiger partial charge in [-0.2, -0.15) is 0 Å². The van der Waals surface area contributed by atoms with Gasteiger partial charge in [-0.15, -0.1) is 5.73 Å². The summed E-state index contributed by atoms with van der Waals surface area (Å²) in [4.78, 5) is 0. The smallest absolute Gasteiger partial charge is 0.0220 e. The maximum atomic E-state index is 3.67. The van der Waals surface area contributed by atoms with E-state index in [1.165, 1.54) is 72.8 Å². The summed E-state index contributed by atoms with van der Waals surface area (Å²) in [5, 5.41) is 0. The zero-order valence-corrected chi connectivity index (χ0v) is 18.6. The first-order valence-corrected chi connectivity index (χ1v) is 11.2. The third-order valence-electron chi connectivity index (χ3n) is 6.26. The molecule has 0 saturated carbocycles. The monoisotopic (exact) mass is 364 g/mol. The lowest BCUT2D eigenvalue weighted by Gasteiger charge is -2.30. The van der Waals surface area contributed by atoms with Crippen molar-refractivity contribution < 1.29 is 0 Å². The molecule has 0 N–H and O–H groups in total. The average molecular weight is 365 g/mol. The van der Waals surface area contributed by atoms with E-state index in [9.17, 15) is 0 Å². The van der Waals surface area contributed by atoms with E-state index in [1.54, 1.807) is 0 Å². The van der Waals surface area contributed by atoms with Crippen molar-refractivity contribution in [2.45, 2.75) is 92.9 Å². The van der Waals surface area contributed by atoms with Crippen LogP contribution in [0.5, 0.6) is 0 Å². The van der Waals surface area contributed by atoms with Gasteiger partial charge in [-0.1, -0.05) is 84.4 Å². The normalized spacial score (nSPS) is 19.7. The van der Waals surface area contributed by atoms with Crippen molar-refractivity contribution in [2.24, 2.45) is 11.3 Å². The average Bonchev–Trinajstić information content (AvgIpc) is 2.83. The Morgan fingerprint density at radius 2 is 1.81 bits per heavy atom. The standard InChI is InChI=1S/C27H40/c1-7-10-12-22(11-8-2)13-14-23-15-16-24-19-25(17-21(4)9-3)27(5,6)26(18-23)20-24/h15-19,22H,7-14H2,1-6H3/b21-17-. The summed E-state index contributed by atoms with van der Waals surface area (Å²) in [5.41, 5.74) is 10.6. The van der Waals surface area contributed by atoms with Gasteiger partial charge in [-0.25, -0.2) is 0 Å². The lowest BCUT2D eigenvalue weighted by atomic mass is 9.73. The highest BCUT2D eigenvalue weighted by molar-refractivity contribution is 5.55. The van der Waals surface area contributed by atoms with Crippen LogP contribution >= 0.6 is 0 Å². The van der Waals surface area contributed by atoms with E-state index in [0.717, 1.165) is 12.3 Å². The highest BCUT2D eigenvalue weighted by atomic mass is 14.3. The fourth-order valence-corrected chi connectivity index (χ4v) is 4.04. The molecule has 0 saturated heterocycles. The summed E-state index contributed by atoms with van der Waals surface area (Å²) in [6.07, 6.45) is 22.1. The van der Waals surface area contributed by atoms with Crippen LogP contribution in [0, 0.1) is 11.3 Å². The van der Waals surface area contributed by atoms with E-state index in [2.05, 4.69) is 77.7 Å². The Morgan fingerprint density at radius 3 is 2.48 bits per heavy atom. The van der Waals surface area contributed by atoms with Crippen LogP contribution < -0.4 is 0 Å². The molecule has 2 rings (SSSR count). The number of unbranched alkanes of at least 4 members (excludes halogenated alkanes) is 1. The van der Waals surface area contributed by atoms with E-state index in [-0.39, 0.29) is 5.41 Å². The first-order chi connectivity index (χ1) is 12.9. The van der Waals surface area contributed by atoms with Crippen LogP contribution in [0.25, 0.3) is 0 Å². The van der Waals surface area contributed by atoms with E-state index in [0.29, 0.717) is 0 Å². The Morgan fingerprint density at radius 1 is 1.04 bits per heavy atom. The molecule has 0 heteroatoms. The second-order valence-electron chi connectivity index (χ2n) is 8.95. The molecule has 27 heavy (non-hydrogen) atoms. The van der Waals surface area contributed by atoms with Crippen LogP contribution in [0.1, 0.15) is 92.9 Å². The number of hydrogen-bond acceptors (Lipinski definition) is 0. The van der Waals surface area contributed by atoms with Crippen LogP contribution in [-0.2, 0) is 0 Å². The van der Waals surface area contributed by atoms with Crippen molar-refractivity contribution in [3.05, 3.63) is 64.0 Å².